The van der Waals surface area contributed by atoms with Gasteiger partial charge in [0.1, 0.15) is 0 Å². The number of alkyl halides is 5. The molecule has 0 saturated heterocycles. The fraction of sp³-hybridized carbons (Fsp3) is 1.00. The van der Waals surface area contributed by atoms with E-state index in [1.165, 1.54) is 0 Å². The summed E-state index contributed by atoms with van der Waals surface area (Å²) in [4.78, 5) is 0. The van der Waals surface area contributed by atoms with Crippen molar-refractivity contribution in [3.05, 3.63) is 0 Å². The zero-order valence-electron chi connectivity index (χ0n) is 13.5. The average Bonchev–Trinajstić information content (AvgIpc) is 2.41. The lowest BCUT2D eigenvalue weighted by atomic mass is 10.1. The zero-order chi connectivity index (χ0) is 17.9. The monoisotopic (exact) mass is 366 g/mol. The maximum Gasteiger partial charge on any atom is 0.453 e. The lowest BCUT2D eigenvalue weighted by Crippen LogP contribution is -2.36. The second-order valence-corrected chi connectivity index (χ2v) is 7.50. The Balaban J connectivity index is 3.62. The average molecular weight is 366 g/mol. The van der Waals surface area contributed by atoms with E-state index < -0.39 is 35.7 Å². The molecule has 140 valence electrons. The predicted octanol–water partition coefficient (Wildman–Crippen LogP) is 4.82. The molecule has 0 saturated carbocycles. The first-order chi connectivity index (χ1) is 10.6. The fourth-order valence-corrected chi connectivity index (χ4v) is 3.37. The van der Waals surface area contributed by atoms with E-state index in [4.69, 9.17) is 0 Å². The quantitative estimate of drug-likeness (QED) is 0.375. The molecule has 2 nitrogen and oxygen atoms in total. The number of aliphatic hydroxyl groups is 1. The van der Waals surface area contributed by atoms with Crippen molar-refractivity contribution in [3.63, 3.8) is 0 Å². The van der Waals surface area contributed by atoms with Crippen LogP contribution in [0.2, 0.25) is 0 Å². The molecule has 0 amide bonds. The topological polar surface area (TPSA) is 37.3 Å². The second kappa shape index (κ2) is 11.3. The first-order valence-corrected chi connectivity index (χ1v) is 9.56. The van der Waals surface area contributed by atoms with Crippen LogP contribution in [0, 0.1) is 0 Å². The van der Waals surface area contributed by atoms with Gasteiger partial charge in [-0.15, -0.1) is 0 Å². The summed E-state index contributed by atoms with van der Waals surface area (Å²) in [5, 5.41) is 9.52. The maximum atomic E-state index is 12.6. The molecule has 0 aliphatic rings. The van der Waals surface area contributed by atoms with E-state index in [1.54, 1.807) is 0 Å². The Hall–Kier alpha value is -0.240. The number of aliphatic hydroxyl groups excluding tert-OH is 1. The van der Waals surface area contributed by atoms with Crippen molar-refractivity contribution in [1.29, 1.82) is 0 Å². The van der Waals surface area contributed by atoms with Gasteiger partial charge < -0.3 is 5.11 Å². The number of halogens is 5. The van der Waals surface area contributed by atoms with Crippen LogP contribution in [0.4, 0.5) is 22.0 Å². The van der Waals surface area contributed by atoms with Crippen molar-refractivity contribution < 1.29 is 31.3 Å². The Morgan fingerprint density at radius 2 is 1.48 bits per heavy atom. The van der Waals surface area contributed by atoms with Gasteiger partial charge in [0.25, 0.3) is 0 Å². The van der Waals surface area contributed by atoms with Crippen LogP contribution in [0.25, 0.3) is 0 Å². The van der Waals surface area contributed by atoms with Crippen molar-refractivity contribution in [2.24, 2.45) is 0 Å². The Kier molecular flexibility index (Phi) is 11.2. The lowest BCUT2D eigenvalue weighted by molar-refractivity contribution is -0.284. The van der Waals surface area contributed by atoms with Crippen LogP contribution in [0.5, 0.6) is 0 Å². The maximum absolute atomic E-state index is 12.6. The summed E-state index contributed by atoms with van der Waals surface area (Å²) < 4.78 is 72.7. The molecule has 1 N–H and O–H groups in total. The normalized spacial score (nSPS) is 15.6. The molecule has 0 aromatic carbocycles. The fourth-order valence-electron chi connectivity index (χ4n) is 2.17. The SMILES string of the molecule is CCCC(O)CCCCCCS(=O)CCCC(F)(F)C(F)(F)F. The molecule has 8 heteroatoms. The molecule has 2 atom stereocenters. The van der Waals surface area contributed by atoms with Crippen molar-refractivity contribution in [1.82, 2.24) is 0 Å². The van der Waals surface area contributed by atoms with Crippen LogP contribution in [-0.2, 0) is 10.8 Å². The van der Waals surface area contributed by atoms with Crippen LogP contribution >= 0.6 is 0 Å². The minimum Gasteiger partial charge on any atom is -0.393 e. The first kappa shape index (κ1) is 22.8. The van der Waals surface area contributed by atoms with Gasteiger partial charge in [-0.2, -0.15) is 22.0 Å². The van der Waals surface area contributed by atoms with Crippen molar-refractivity contribution in [2.45, 2.75) is 82.9 Å². The summed E-state index contributed by atoms with van der Waals surface area (Å²) in [5.74, 6) is -4.49. The largest absolute Gasteiger partial charge is 0.453 e. The molecule has 0 heterocycles. The minimum atomic E-state index is -5.53. The van der Waals surface area contributed by atoms with E-state index in [0.717, 1.165) is 38.5 Å². The molecule has 0 aromatic rings. The highest BCUT2D eigenvalue weighted by Crippen LogP contribution is 2.38. The first-order valence-electron chi connectivity index (χ1n) is 8.07. The molecule has 0 aromatic heterocycles. The van der Waals surface area contributed by atoms with Crippen LogP contribution in [0.15, 0.2) is 0 Å². The molecule has 0 rings (SSSR count). The van der Waals surface area contributed by atoms with Crippen molar-refractivity contribution in [3.8, 4) is 0 Å². The molecule has 0 radical (unpaired) electrons. The van der Waals surface area contributed by atoms with Gasteiger partial charge in [-0.3, -0.25) is 4.21 Å². The van der Waals surface area contributed by atoms with Gasteiger partial charge in [0.05, 0.1) is 6.10 Å². The van der Waals surface area contributed by atoms with Gasteiger partial charge in [0, 0.05) is 28.7 Å². The molecule has 0 fully saturated rings. The molecule has 0 spiro atoms. The molecule has 0 aliphatic heterocycles. The number of hydrogen-bond acceptors (Lipinski definition) is 2. The van der Waals surface area contributed by atoms with E-state index >= 15 is 0 Å². The van der Waals surface area contributed by atoms with Gasteiger partial charge in [-0.25, -0.2) is 0 Å². The summed E-state index contributed by atoms with van der Waals surface area (Å²) in [6.45, 7) is 2.00. The predicted molar refractivity (Wildman–Crippen MR) is 82.1 cm³/mol. The van der Waals surface area contributed by atoms with E-state index in [2.05, 4.69) is 0 Å². The van der Waals surface area contributed by atoms with E-state index in [9.17, 15) is 31.3 Å². The summed E-state index contributed by atoms with van der Waals surface area (Å²) in [6.07, 6.45) is -1.80. The van der Waals surface area contributed by atoms with Crippen LogP contribution in [-0.4, -0.2) is 39.0 Å². The Morgan fingerprint density at radius 3 is 2.04 bits per heavy atom. The number of rotatable bonds is 13. The number of unbranched alkanes of at least 4 members (excludes halogenated alkanes) is 3. The van der Waals surface area contributed by atoms with Crippen LogP contribution in [0.1, 0.15) is 64.7 Å². The summed E-state index contributed by atoms with van der Waals surface area (Å²) in [7, 11) is -1.35. The lowest BCUT2D eigenvalue weighted by Gasteiger charge is -2.19. The standard InChI is InChI=1S/C15H27F5O2S/c1-2-8-13(21)9-5-3-4-6-11-23(22)12-7-10-14(16,17)15(18,19)20/h13,21H,2-12H2,1H3. The van der Waals surface area contributed by atoms with Gasteiger partial charge in [-0.05, 0) is 25.7 Å². The highest BCUT2D eigenvalue weighted by Gasteiger charge is 2.56. The van der Waals surface area contributed by atoms with E-state index in [1.807, 2.05) is 6.92 Å². The summed E-state index contributed by atoms with van der Waals surface area (Å²) in [5.41, 5.74) is 0. The molecule has 23 heavy (non-hydrogen) atoms. The van der Waals surface area contributed by atoms with Gasteiger partial charge >= 0.3 is 12.1 Å². The van der Waals surface area contributed by atoms with Gasteiger partial charge in [-0.1, -0.05) is 32.6 Å². The van der Waals surface area contributed by atoms with Crippen molar-refractivity contribution >= 4 is 10.8 Å². The Morgan fingerprint density at radius 1 is 0.913 bits per heavy atom. The third-order valence-corrected chi connectivity index (χ3v) is 5.05. The Labute approximate surface area is 137 Å². The van der Waals surface area contributed by atoms with Gasteiger partial charge in [0.15, 0.2) is 0 Å². The molecule has 0 aliphatic carbocycles. The summed E-state index contributed by atoms with van der Waals surface area (Å²) in [6, 6.07) is 0. The van der Waals surface area contributed by atoms with E-state index in [0.29, 0.717) is 12.2 Å². The third-order valence-electron chi connectivity index (χ3n) is 3.56. The van der Waals surface area contributed by atoms with E-state index in [-0.39, 0.29) is 11.9 Å². The van der Waals surface area contributed by atoms with Crippen LogP contribution in [0.3, 0.4) is 0 Å². The number of hydrogen-bond donors (Lipinski definition) is 1. The molecular formula is C15H27F5O2S. The Bertz CT molecular complexity index is 334. The molecule has 2 unspecified atom stereocenters. The molecular weight excluding hydrogens is 339 g/mol. The second-order valence-electron chi connectivity index (χ2n) is 5.80. The minimum absolute atomic E-state index is 0.124. The zero-order valence-corrected chi connectivity index (χ0v) is 14.3. The highest BCUT2D eigenvalue weighted by atomic mass is 32.2. The summed E-state index contributed by atoms with van der Waals surface area (Å²) >= 11 is 0. The highest BCUT2D eigenvalue weighted by molar-refractivity contribution is 7.84. The van der Waals surface area contributed by atoms with Gasteiger partial charge in [0.2, 0.25) is 0 Å². The third kappa shape index (κ3) is 11.0. The van der Waals surface area contributed by atoms with Crippen molar-refractivity contribution in [2.75, 3.05) is 11.5 Å². The smallest absolute Gasteiger partial charge is 0.393 e. The van der Waals surface area contributed by atoms with Crippen LogP contribution < -0.4 is 0 Å². The molecule has 0 bridgehead atoms.